The van der Waals surface area contributed by atoms with Gasteiger partial charge in [0.1, 0.15) is 6.04 Å². The Hall–Kier alpha value is -2.10. The summed E-state index contributed by atoms with van der Waals surface area (Å²) in [6.07, 6.45) is 2.19. The normalized spacial score (nSPS) is 25.6. The molecule has 2 amide bonds. The van der Waals surface area contributed by atoms with Crippen LogP contribution in [0.1, 0.15) is 29.6 Å². The summed E-state index contributed by atoms with van der Waals surface area (Å²) in [6, 6.07) is 10.5. The maximum absolute atomic E-state index is 12.5. The molecule has 0 saturated carbocycles. The van der Waals surface area contributed by atoms with E-state index in [4.69, 9.17) is 5.26 Å². The third-order valence-electron chi connectivity index (χ3n) is 4.49. The number of hydrogen-bond donors (Lipinski definition) is 2. The minimum atomic E-state index is -0.315. The zero-order valence-electron chi connectivity index (χ0n) is 13.3. The number of likely N-dealkylation sites (tertiary alicyclic amines) is 1. The Kier molecular flexibility index (Phi) is 6.18. The number of carbonyl (C=O) groups is 2. The Morgan fingerprint density at radius 2 is 2.04 bits per heavy atom. The highest BCUT2D eigenvalue weighted by Gasteiger charge is 2.37. The van der Waals surface area contributed by atoms with Gasteiger partial charge in [-0.1, -0.05) is 18.2 Å². The van der Waals surface area contributed by atoms with Crippen LogP contribution in [0.15, 0.2) is 30.3 Å². The van der Waals surface area contributed by atoms with Gasteiger partial charge in [0.05, 0.1) is 12.1 Å². The number of halogens is 1. The Bertz CT molecular complexity index is 631. The first-order chi connectivity index (χ1) is 11.2. The summed E-state index contributed by atoms with van der Waals surface area (Å²) in [5.74, 6) is -0.146. The van der Waals surface area contributed by atoms with Crippen LogP contribution in [0.25, 0.3) is 0 Å². The number of nitrogens with zero attached hydrogens (tertiary/aromatic N) is 2. The van der Waals surface area contributed by atoms with Crippen molar-refractivity contribution in [3.63, 3.8) is 0 Å². The number of rotatable bonds is 3. The van der Waals surface area contributed by atoms with Gasteiger partial charge in [-0.3, -0.25) is 9.59 Å². The number of nitriles is 1. The summed E-state index contributed by atoms with van der Waals surface area (Å²) >= 11 is 0. The fourth-order valence-corrected chi connectivity index (χ4v) is 3.26. The molecule has 0 radical (unpaired) electrons. The minimum absolute atomic E-state index is 0. The maximum atomic E-state index is 12.5. The van der Waals surface area contributed by atoms with E-state index < -0.39 is 0 Å². The fourth-order valence-electron chi connectivity index (χ4n) is 3.26. The molecule has 2 N–H and O–H groups in total. The van der Waals surface area contributed by atoms with Crippen molar-refractivity contribution in [2.75, 3.05) is 13.1 Å². The van der Waals surface area contributed by atoms with Crippen molar-refractivity contribution >= 4 is 24.2 Å². The van der Waals surface area contributed by atoms with Crippen LogP contribution < -0.4 is 10.6 Å². The molecule has 3 atom stereocenters. The molecular formula is C17H21ClN4O2. The van der Waals surface area contributed by atoms with E-state index in [0.717, 1.165) is 12.8 Å². The summed E-state index contributed by atoms with van der Waals surface area (Å²) < 4.78 is 0. The molecule has 0 spiro atoms. The predicted octanol–water partition coefficient (Wildman–Crippen LogP) is 1.08. The lowest BCUT2D eigenvalue weighted by Crippen LogP contribution is -2.45. The van der Waals surface area contributed by atoms with E-state index in [1.807, 2.05) is 18.2 Å². The monoisotopic (exact) mass is 348 g/mol. The smallest absolute Gasteiger partial charge is 0.251 e. The molecule has 2 heterocycles. The summed E-state index contributed by atoms with van der Waals surface area (Å²) in [7, 11) is 0. The quantitative estimate of drug-likeness (QED) is 0.856. The Balaban J connectivity index is 0.00000208. The number of benzene rings is 1. The van der Waals surface area contributed by atoms with Crippen molar-refractivity contribution in [1.82, 2.24) is 15.5 Å². The molecule has 6 nitrogen and oxygen atoms in total. The second-order valence-corrected chi connectivity index (χ2v) is 6.05. The van der Waals surface area contributed by atoms with Gasteiger partial charge in [0.25, 0.3) is 5.91 Å². The van der Waals surface area contributed by atoms with E-state index >= 15 is 0 Å². The molecule has 1 aromatic carbocycles. The van der Waals surface area contributed by atoms with Crippen LogP contribution in [0.4, 0.5) is 0 Å². The highest BCUT2D eigenvalue weighted by Crippen LogP contribution is 2.20. The van der Waals surface area contributed by atoms with Gasteiger partial charge in [0.2, 0.25) is 5.91 Å². The minimum Gasteiger partial charge on any atom is -0.348 e. The van der Waals surface area contributed by atoms with E-state index in [-0.39, 0.29) is 42.3 Å². The van der Waals surface area contributed by atoms with E-state index in [0.29, 0.717) is 25.1 Å². The van der Waals surface area contributed by atoms with Crippen LogP contribution in [0.2, 0.25) is 0 Å². The van der Waals surface area contributed by atoms with Gasteiger partial charge >= 0.3 is 0 Å². The maximum Gasteiger partial charge on any atom is 0.251 e. The topological polar surface area (TPSA) is 85.2 Å². The second-order valence-electron chi connectivity index (χ2n) is 6.05. The summed E-state index contributed by atoms with van der Waals surface area (Å²) in [6.45, 7) is 1.22. The molecule has 2 fully saturated rings. The molecular weight excluding hydrogens is 328 g/mol. The third kappa shape index (κ3) is 3.86. The van der Waals surface area contributed by atoms with Crippen LogP contribution in [0.5, 0.6) is 0 Å². The molecule has 2 aliphatic heterocycles. The average Bonchev–Trinajstić information content (AvgIpc) is 3.24. The van der Waals surface area contributed by atoms with E-state index in [9.17, 15) is 9.59 Å². The number of hydrogen-bond acceptors (Lipinski definition) is 4. The molecule has 3 rings (SSSR count). The van der Waals surface area contributed by atoms with Crippen molar-refractivity contribution in [2.24, 2.45) is 0 Å². The molecule has 2 aliphatic rings. The number of amides is 2. The van der Waals surface area contributed by atoms with Gasteiger partial charge in [-0.05, 0) is 31.4 Å². The summed E-state index contributed by atoms with van der Waals surface area (Å²) in [5.41, 5.74) is 0.617. The molecule has 128 valence electrons. The highest BCUT2D eigenvalue weighted by atomic mass is 35.5. The van der Waals surface area contributed by atoms with Gasteiger partial charge < -0.3 is 15.5 Å². The zero-order chi connectivity index (χ0) is 16.2. The first-order valence-electron chi connectivity index (χ1n) is 7.98. The van der Waals surface area contributed by atoms with Gasteiger partial charge in [-0.25, -0.2) is 0 Å². The third-order valence-corrected chi connectivity index (χ3v) is 4.49. The van der Waals surface area contributed by atoms with Crippen molar-refractivity contribution in [3.05, 3.63) is 35.9 Å². The Labute approximate surface area is 147 Å². The molecule has 2 unspecified atom stereocenters. The first-order valence-corrected chi connectivity index (χ1v) is 7.98. The standard InChI is InChI=1S/C17H20N4O2.ClH/c18-10-14-7-4-8-21(14)17(23)15-9-13(11-19-15)20-16(22)12-5-2-1-3-6-12;/h1-3,5-6,13-15,19H,4,7-9,11H2,(H,20,22);1H/t13?,14-,15?;/m0./s1. The van der Waals surface area contributed by atoms with Gasteiger partial charge in [-0.15, -0.1) is 12.4 Å². The predicted molar refractivity (Wildman–Crippen MR) is 91.7 cm³/mol. The summed E-state index contributed by atoms with van der Waals surface area (Å²) in [4.78, 5) is 26.3. The first kappa shape index (κ1) is 18.2. The molecule has 24 heavy (non-hydrogen) atoms. The van der Waals surface area contributed by atoms with Crippen LogP contribution in [-0.2, 0) is 4.79 Å². The largest absolute Gasteiger partial charge is 0.348 e. The Morgan fingerprint density at radius 3 is 2.75 bits per heavy atom. The van der Waals surface area contributed by atoms with Crippen molar-refractivity contribution in [1.29, 1.82) is 5.26 Å². The second kappa shape index (κ2) is 8.13. The lowest BCUT2D eigenvalue weighted by Gasteiger charge is -2.23. The fraction of sp³-hybridized carbons (Fsp3) is 0.471. The molecule has 0 aromatic heterocycles. The van der Waals surface area contributed by atoms with E-state index in [2.05, 4.69) is 16.7 Å². The number of nitrogens with one attached hydrogen (secondary N) is 2. The zero-order valence-corrected chi connectivity index (χ0v) is 14.1. The van der Waals surface area contributed by atoms with E-state index in [1.54, 1.807) is 17.0 Å². The lowest BCUT2D eigenvalue weighted by atomic mass is 10.1. The van der Waals surface area contributed by atoms with Crippen molar-refractivity contribution < 1.29 is 9.59 Å². The molecule has 1 aromatic rings. The molecule has 0 bridgehead atoms. The van der Waals surface area contributed by atoms with Crippen molar-refractivity contribution in [3.8, 4) is 6.07 Å². The lowest BCUT2D eigenvalue weighted by molar-refractivity contribution is -0.133. The van der Waals surface area contributed by atoms with Gasteiger partial charge in [0, 0.05) is 24.7 Å². The number of carbonyl (C=O) groups excluding carboxylic acids is 2. The van der Waals surface area contributed by atoms with Crippen LogP contribution >= 0.6 is 12.4 Å². The highest BCUT2D eigenvalue weighted by molar-refractivity contribution is 5.94. The van der Waals surface area contributed by atoms with Crippen molar-refractivity contribution in [2.45, 2.75) is 37.4 Å². The SMILES string of the molecule is Cl.N#C[C@@H]1CCCN1C(=O)C1CC(NC(=O)c2ccccc2)CN1. The van der Waals surface area contributed by atoms with Crippen LogP contribution in [0.3, 0.4) is 0 Å². The average molecular weight is 349 g/mol. The molecule has 0 aliphatic carbocycles. The molecule has 2 saturated heterocycles. The van der Waals surface area contributed by atoms with Crippen LogP contribution in [0, 0.1) is 11.3 Å². The van der Waals surface area contributed by atoms with Crippen LogP contribution in [-0.4, -0.2) is 47.9 Å². The Morgan fingerprint density at radius 1 is 1.29 bits per heavy atom. The molecule has 7 heteroatoms. The van der Waals surface area contributed by atoms with Gasteiger partial charge in [0.15, 0.2) is 0 Å². The summed E-state index contributed by atoms with van der Waals surface area (Å²) in [5, 5.41) is 15.2. The van der Waals surface area contributed by atoms with E-state index in [1.165, 1.54) is 0 Å². The van der Waals surface area contributed by atoms with Gasteiger partial charge in [-0.2, -0.15) is 5.26 Å².